The second-order valence-electron chi connectivity index (χ2n) is 4.90. The van der Waals surface area contributed by atoms with Crippen molar-refractivity contribution in [2.45, 2.75) is 26.7 Å². The summed E-state index contributed by atoms with van der Waals surface area (Å²) in [6.07, 6.45) is 0. The first-order valence-electron chi connectivity index (χ1n) is 6.37. The van der Waals surface area contributed by atoms with Crippen LogP contribution in [0.5, 0.6) is 0 Å². The van der Waals surface area contributed by atoms with Gasteiger partial charge in [0.1, 0.15) is 0 Å². The molecule has 19 heavy (non-hydrogen) atoms. The van der Waals surface area contributed by atoms with E-state index in [2.05, 4.69) is 10.2 Å². The topological polar surface area (TPSA) is 79.5 Å². The maximum atomic E-state index is 12.1. The highest BCUT2D eigenvalue weighted by molar-refractivity contribution is 5.89. The molecule has 1 aromatic rings. The molecule has 0 radical (unpaired) electrons. The van der Waals surface area contributed by atoms with Crippen molar-refractivity contribution in [1.29, 1.82) is 0 Å². The molecular formula is C12H18N4O3. The molecule has 104 valence electrons. The highest BCUT2D eigenvalue weighted by Crippen LogP contribution is 2.14. The fourth-order valence-electron chi connectivity index (χ4n) is 1.91. The van der Waals surface area contributed by atoms with Crippen molar-refractivity contribution in [2.75, 3.05) is 26.2 Å². The summed E-state index contributed by atoms with van der Waals surface area (Å²) in [6.45, 7) is 7.47. The van der Waals surface area contributed by atoms with Crippen LogP contribution in [0.1, 0.15) is 43.3 Å². The lowest BCUT2D eigenvalue weighted by Crippen LogP contribution is -2.50. The van der Waals surface area contributed by atoms with Gasteiger partial charge in [-0.25, -0.2) is 0 Å². The molecule has 2 rings (SSSR count). The van der Waals surface area contributed by atoms with Crippen molar-refractivity contribution in [3.05, 3.63) is 11.8 Å². The van der Waals surface area contributed by atoms with Gasteiger partial charge in [-0.2, -0.15) is 0 Å². The van der Waals surface area contributed by atoms with E-state index >= 15 is 0 Å². The molecule has 1 aliphatic heterocycles. The van der Waals surface area contributed by atoms with Gasteiger partial charge in [-0.15, -0.1) is 10.2 Å². The third-order valence-electron chi connectivity index (χ3n) is 3.13. The summed E-state index contributed by atoms with van der Waals surface area (Å²) in [6, 6.07) is 0. The number of rotatable bonds is 2. The van der Waals surface area contributed by atoms with Crippen LogP contribution in [0.15, 0.2) is 4.42 Å². The van der Waals surface area contributed by atoms with Crippen molar-refractivity contribution in [3.8, 4) is 0 Å². The summed E-state index contributed by atoms with van der Waals surface area (Å²) in [5.41, 5.74) is 0. The third kappa shape index (κ3) is 2.91. The molecule has 0 atom stereocenters. The van der Waals surface area contributed by atoms with Crippen LogP contribution < -0.4 is 0 Å². The Balaban J connectivity index is 1.99. The number of amides is 2. The number of carbonyl (C=O) groups is 2. The molecule has 7 nitrogen and oxygen atoms in total. The predicted octanol–water partition coefficient (Wildman–Crippen LogP) is 0.497. The lowest BCUT2D eigenvalue weighted by Gasteiger charge is -2.33. The summed E-state index contributed by atoms with van der Waals surface area (Å²) in [4.78, 5) is 26.7. The molecule has 0 N–H and O–H groups in total. The lowest BCUT2D eigenvalue weighted by atomic mass is 10.2. The summed E-state index contributed by atoms with van der Waals surface area (Å²) in [7, 11) is 0. The minimum Gasteiger partial charge on any atom is -0.417 e. The molecule has 0 unspecified atom stereocenters. The first-order chi connectivity index (χ1) is 8.99. The monoisotopic (exact) mass is 266 g/mol. The van der Waals surface area contributed by atoms with Gasteiger partial charge in [0.25, 0.3) is 0 Å². The number of carbonyl (C=O) groups excluding carboxylic acids is 2. The summed E-state index contributed by atoms with van der Waals surface area (Å²) in [5.74, 6) is 0.365. The molecule has 0 aliphatic carbocycles. The Labute approximate surface area is 111 Å². The zero-order valence-corrected chi connectivity index (χ0v) is 11.4. The summed E-state index contributed by atoms with van der Waals surface area (Å²) >= 11 is 0. The Morgan fingerprint density at radius 1 is 1.11 bits per heavy atom. The van der Waals surface area contributed by atoms with E-state index < -0.39 is 0 Å². The van der Waals surface area contributed by atoms with Crippen LogP contribution in [0.25, 0.3) is 0 Å². The smallest absolute Gasteiger partial charge is 0.311 e. The fraction of sp³-hybridized carbons (Fsp3) is 0.667. The van der Waals surface area contributed by atoms with Gasteiger partial charge in [-0.05, 0) is 0 Å². The Kier molecular flexibility index (Phi) is 3.82. The second-order valence-corrected chi connectivity index (χ2v) is 4.90. The van der Waals surface area contributed by atoms with Crippen molar-refractivity contribution >= 4 is 11.8 Å². The quantitative estimate of drug-likeness (QED) is 0.778. The largest absolute Gasteiger partial charge is 0.417 e. The highest BCUT2D eigenvalue weighted by atomic mass is 16.4. The van der Waals surface area contributed by atoms with Crippen molar-refractivity contribution in [1.82, 2.24) is 20.0 Å². The first kappa shape index (κ1) is 13.5. The van der Waals surface area contributed by atoms with Crippen LogP contribution in [0, 0.1) is 0 Å². The van der Waals surface area contributed by atoms with E-state index in [-0.39, 0.29) is 23.6 Å². The van der Waals surface area contributed by atoms with Gasteiger partial charge >= 0.3 is 11.8 Å². The van der Waals surface area contributed by atoms with Gasteiger partial charge < -0.3 is 14.2 Å². The van der Waals surface area contributed by atoms with E-state index in [1.165, 1.54) is 6.92 Å². The van der Waals surface area contributed by atoms with E-state index in [0.29, 0.717) is 32.1 Å². The maximum absolute atomic E-state index is 12.1. The molecule has 1 aromatic heterocycles. The molecule has 0 spiro atoms. The Morgan fingerprint density at radius 3 is 2.16 bits per heavy atom. The molecule has 1 fully saturated rings. The molecule has 1 saturated heterocycles. The third-order valence-corrected chi connectivity index (χ3v) is 3.13. The minimum atomic E-state index is -0.261. The molecule has 1 aliphatic rings. The standard InChI is InChI=1S/C12H18N4O3/c1-8(2)10-13-14-11(19-10)12(18)16-6-4-15(5-7-16)9(3)17/h8H,4-7H2,1-3H3. The van der Waals surface area contributed by atoms with E-state index in [0.717, 1.165) is 0 Å². The molecule has 0 aromatic carbocycles. The van der Waals surface area contributed by atoms with Gasteiger partial charge in [0.05, 0.1) is 0 Å². The van der Waals surface area contributed by atoms with Crippen LogP contribution in [0.2, 0.25) is 0 Å². The normalized spacial score (nSPS) is 16.0. The molecule has 7 heteroatoms. The van der Waals surface area contributed by atoms with Crippen LogP contribution in [0.3, 0.4) is 0 Å². The van der Waals surface area contributed by atoms with E-state index in [4.69, 9.17) is 4.42 Å². The lowest BCUT2D eigenvalue weighted by molar-refractivity contribution is -0.130. The number of hydrogen-bond donors (Lipinski definition) is 0. The minimum absolute atomic E-state index is 0.0278. The zero-order valence-electron chi connectivity index (χ0n) is 11.4. The fourth-order valence-corrected chi connectivity index (χ4v) is 1.91. The Bertz CT molecular complexity index is 475. The zero-order chi connectivity index (χ0) is 14.0. The SMILES string of the molecule is CC(=O)N1CCN(C(=O)c2nnc(C(C)C)o2)CC1. The number of aromatic nitrogens is 2. The van der Waals surface area contributed by atoms with Gasteiger partial charge in [0.2, 0.25) is 11.8 Å². The summed E-state index contributed by atoms with van der Waals surface area (Å²) < 4.78 is 5.34. The van der Waals surface area contributed by atoms with Gasteiger partial charge in [0.15, 0.2) is 0 Å². The Hall–Kier alpha value is -1.92. The molecule has 2 amide bonds. The van der Waals surface area contributed by atoms with Crippen LogP contribution >= 0.6 is 0 Å². The molecule has 0 saturated carbocycles. The van der Waals surface area contributed by atoms with Crippen molar-refractivity contribution in [3.63, 3.8) is 0 Å². The highest BCUT2D eigenvalue weighted by Gasteiger charge is 2.27. The first-order valence-corrected chi connectivity index (χ1v) is 6.37. The number of hydrogen-bond acceptors (Lipinski definition) is 5. The van der Waals surface area contributed by atoms with Crippen LogP contribution in [-0.4, -0.2) is 58.0 Å². The Morgan fingerprint density at radius 2 is 1.68 bits per heavy atom. The van der Waals surface area contributed by atoms with E-state index in [1.54, 1.807) is 9.80 Å². The number of piperazine rings is 1. The molecular weight excluding hydrogens is 248 g/mol. The van der Waals surface area contributed by atoms with Crippen molar-refractivity contribution < 1.29 is 14.0 Å². The molecule has 2 heterocycles. The van der Waals surface area contributed by atoms with Crippen LogP contribution in [0.4, 0.5) is 0 Å². The van der Waals surface area contributed by atoms with Gasteiger partial charge in [0, 0.05) is 39.0 Å². The van der Waals surface area contributed by atoms with Crippen molar-refractivity contribution in [2.24, 2.45) is 0 Å². The van der Waals surface area contributed by atoms with Gasteiger partial charge in [-0.3, -0.25) is 9.59 Å². The van der Waals surface area contributed by atoms with E-state index in [1.807, 2.05) is 13.8 Å². The average molecular weight is 266 g/mol. The summed E-state index contributed by atoms with van der Waals surface area (Å²) in [5, 5.41) is 7.62. The van der Waals surface area contributed by atoms with Crippen LogP contribution in [-0.2, 0) is 4.79 Å². The molecule has 0 bridgehead atoms. The second kappa shape index (κ2) is 5.38. The number of nitrogens with zero attached hydrogens (tertiary/aromatic N) is 4. The predicted molar refractivity (Wildman–Crippen MR) is 66.5 cm³/mol. The maximum Gasteiger partial charge on any atom is 0.311 e. The average Bonchev–Trinajstić information content (AvgIpc) is 2.87. The van der Waals surface area contributed by atoms with Gasteiger partial charge in [-0.1, -0.05) is 13.8 Å². The van der Waals surface area contributed by atoms with E-state index in [9.17, 15) is 9.59 Å².